The number of rotatable bonds is 5. The van der Waals surface area contributed by atoms with E-state index >= 15 is 0 Å². The van der Waals surface area contributed by atoms with Gasteiger partial charge in [-0.1, -0.05) is 12.2 Å². The molecule has 2 bridgehead atoms. The van der Waals surface area contributed by atoms with E-state index in [0.29, 0.717) is 11.8 Å². The minimum absolute atomic E-state index is 0.0253. The largest absolute Gasteiger partial charge is 0.462 e. The van der Waals surface area contributed by atoms with Crippen LogP contribution in [0.15, 0.2) is 12.2 Å². The van der Waals surface area contributed by atoms with Gasteiger partial charge in [0.15, 0.2) is 0 Å². The molecule has 4 rings (SSSR count). The third kappa shape index (κ3) is 2.66. The second-order valence-electron chi connectivity index (χ2n) is 6.64. The summed E-state index contributed by atoms with van der Waals surface area (Å²) in [5.41, 5.74) is 0. The molecule has 25 heavy (non-hydrogen) atoms. The van der Waals surface area contributed by atoms with Gasteiger partial charge in [0.2, 0.25) is 16.9 Å². The first-order valence-electron chi connectivity index (χ1n) is 8.14. The van der Waals surface area contributed by atoms with E-state index in [1.165, 1.54) is 4.90 Å². The molecule has 0 aromatic carbocycles. The van der Waals surface area contributed by atoms with Crippen molar-refractivity contribution in [3.05, 3.63) is 12.2 Å². The summed E-state index contributed by atoms with van der Waals surface area (Å²) in [5, 5.41) is -0.775. The van der Waals surface area contributed by atoms with Crippen LogP contribution in [0.2, 0.25) is 0 Å². The van der Waals surface area contributed by atoms with Crippen molar-refractivity contribution >= 4 is 39.9 Å². The molecule has 2 saturated heterocycles. The minimum Gasteiger partial charge on any atom is -0.462 e. The van der Waals surface area contributed by atoms with Crippen LogP contribution in [0.3, 0.4) is 0 Å². The number of allylic oxidation sites excluding steroid dienone is 2. The number of ether oxygens (including phenoxy) is 1. The second-order valence-corrected chi connectivity index (χ2v) is 7.65. The van der Waals surface area contributed by atoms with Crippen molar-refractivity contribution in [3.8, 4) is 0 Å². The molecule has 3 fully saturated rings. The molecule has 2 heterocycles. The summed E-state index contributed by atoms with van der Waals surface area (Å²) in [7, 11) is 0. The smallest absolute Gasteiger partial charge is 0.325 e. The standard InChI is InChI=1S/C16H16N2O6S/c19-10(6-17-7-11(20)25-16(17)23)24-4-3-18-14(21)12-8-1-2-9(5-8)13(12)15(18)22/h1-2,8-9,12-13H,3-7H2/t8-,9+,12+,13-. The van der Waals surface area contributed by atoms with Crippen molar-refractivity contribution in [1.82, 2.24) is 9.80 Å². The van der Waals surface area contributed by atoms with Crippen LogP contribution in [0.25, 0.3) is 0 Å². The highest BCUT2D eigenvalue weighted by atomic mass is 32.2. The number of likely N-dealkylation sites (tertiary alicyclic amines) is 1. The molecule has 1 saturated carbocycles. The van der Waals surface area contributed by atoms with E-state index in [-0.39, 0.29) is 66.8 Å². The Bertz CT molecular complexity index is 689. The third-order valence-corrected chi connectivity index (χ3v) is 6.03. The highest BCUT2D eigenvalue weighted by Gasteiger charge is 2.59. The monoisotopic (exact) mass is 364 g/mol. The van der Waals surface area contributed by atoms with Gasteiger partial charge in [0, 0.05) is 11.8 Å². The Morgan fingerprint density at radius 3 is 2.32 bits per heavy atom. The fourth-order valence-corrected chi connectivity index (χ4v) is 4.85. The van der Waals surface area contributed by atoms with E-state index in [1.54, 1.807) is 0 Å². The Labute approximate surface area is 147 Å². The van der Waals surface area contributed by atoms with Crippen LogP contribution in [-0.2, 0) is 23.9 Å². The van der Waals surface area contributed by atoms with Crippen molar-refractivity contribution in [3.63, 3.8) is 0 Å². The zero-order valence-corrected chi connectivity index (χ0v) is 14.1. The van der Waals surface area contributed by atoms with Crippen LogP contribution >= 0.6 is 11.8 Å². The lowest BCUT2D eigenvalue weighted by Crippen LogP contribution is -2.37. The lowest BCUT2D eigenvalue weighted by atomic mass is 9.85. The number of thioether (sulfide) groups is 1. The molecule has 0 radical (unpaired) electrons. The summed E-state index contributed by atoms with van der Waals surface area (Å²) in [6.07, 6.45) is 4.91. The lowest BCUT2D eigenvalue weighted by molar-refractivity contribution is -0.149. The molecule has 4 aliphatic rings. The van der Waals surface area contributed by atoms with E-state index in [0.717, 1.165) is 11.3 Å². The number of nitrogens with zero attached hydrogens (tertiary/aromatic N) is 2. The maximum absolute atomic E-state index is 12.5. The van der Waals surface area contributed by atoms with Gasteiger partial charge in [0.05, 0.1) is 24.9 Å². The first-order chi connectivity index (χ1) is 12.0. The summed E-state index contributed by atoms with van der Waals surface area (Å²) in [6.45, 7) is -0.501. The third-order valence-electron chi connectivity index (χ3n) is 5.24. The zero-order valence-electron chi connectivity index (χ0n) is 13.3. The lowest BCUT2D eigenvalue weighted by Gasteiger charge is -2.18. The summed E-state index contributed by atoms with van der Waals surface area (Å²) in [4.78, 5) is 61.5. The van der Waals surface area contributed by atoms with Crippen molar-refractivity contribution in [2.24, 2.45) is 23.7 Å². The van der Waals surface area contributed by atoms with Crippen LogP contribution in [0.5, 0.6) is 0 Å². The molecule has 0 N–H and O–H groups in total. The Morgan fingerprint density at radius 2 is 1.76 bits per heavy atom. The number of fused-ring (bicyclic) bond motifs is 5. The van der Waals surface area contributed by atoms with Gasteiger partial charge in [-0.3, -0.25) is 28.9 Å². The Morgan fingerprint density at radius 1 is 1.12 bits per heavy atom. The van der Waals surface area contributed by atoms with Gasteiger partial charge in [-0.05, 0) is 18.3 Å². The number of imide groups is 1. The number of esters is 1. The van der Waals surface area contributed by atoms with Crippen LogP contribution in [0.1, 0.15) is 6.42 Å². The van der Waals surface area contributed by atoms with Crippen LogP contribution in [-0.4, -0.2) is 64.2 Å². The Kier molecular flexibility index (Phi) is 3.90. The zero-order chi connectivity index (χ0) is 17.7. The van der Waals surface area contributed by atoms with Crippen molar-refractivity contribution in [2.45, 2.75) is 6.42 Å². The first kappa shape index (κ1) is 16.3. The van der Waals surface area contributed by atoms with Gasteiger partial charge in [-0.15, -0.1) is 0 Å². The van der Waals surface area contributed by atoms with Crippen LogP contribution in [0, 0.1) is 23.7 Å². The molecule has 2 aliphatic carbocycles. The van der Waals surface area contributed by atoms with E-state index in [2.05, 4.69) is 0 Å². The van der Waals surface area contributed by atoms with Crippen LogP contribution < -0.4 is 0 Å². The molecule has 3 amide bonds. The SMILES string of the molecule is O=C(CN1CC(=O)SC1=O)OCCN1C(=O)[C@@H]2[C@H](C1=O)[C@H]1C=C[C@@H]2C1. The van der Waals surface area contributed by atoms with Gasteiger partial charge < -0.3 is 9.64 Å². The molecule has 4 atom stereocenters. The maximum atomic E-state index is 12.5. The van der Waals surface area contributed by atoms with Crippen molar-refractivity contribution in [2.75, 3.05) is 26.2 Å². The first-order valence-corrected chi connectivity index (χ1v) is 8.96. The van der Waals surface area contributed by atoms with Gasteiger partial charge in [0.1, 0.15) is 13.2 Å². The van der Waals surface area contributed by atoms with Gasteiger partial charge >= 0.3 is 5.97 Å². The van der Waals surface area contributed by atoms with Gasteiger partial charge in [-0.2, -0.15) is 0 Å². The van der Waals surface area contributed by atoms with Gasteiger partial charge in [0.25, 0.3) is 5.24 Å². The van der Waals surface area contributed by atoms with E-state index in [4.69, 9.17) is 4.74 Å². The predicted molar refractivity (Wildman–Crippen MR) is 85.0 cm³/mol. The summed E-state index contributed by atoms with van der Waals surface area (Å²) in [5.74, 6) is -1.25. The number of carbonyl (C=O) groups is 5. The van der Waals surface area contributed by atoms with Gasteiger partial charge in [-0.25, -0.2) is 0 Å². The molecular weight excluding hydrogens is 348 g/mol. The summed E-state index contributed by atoms with van der Waals surface area (Å²) in [6, 6.07) is 0. The maximum Gasteiger partial charge on any atom is 0.325 e. The quantitative estimate of drug-likeness (QED) is 0.385. The molecule has 0 aromatic heterocycles. The van der Waals surface area contributed by atoms with Crippen molar-refractivity contribution < 1.29 is 28.7 Å². The van der Waals surface area contributed by atoms with Crippen molar-refractivity contribution in [1.29, 1.82) is 0 Å². The average Bonchev–Trinajstić information content (AvgIpc) is 3.28. The fourth-order valence-electron chi connectivity index (χ4n) is 4.17. The minimum atomic E-state index is -0.662. The molecule has 0 spiro atoms. The molecular formula is C16H16N2O6S. The number of hydrogen-bond acceptors (Lipinski definition) is 7. The van der Waals surface area contributed by atoms with E-state index in [9.17, 15) is 24.0 Å². The topological polar surface area (TPSA) is 101 Å². The number of hydrogen-bond donors (Lipinski definition) is 0. The molecule has 2 aliphatic heterocycles. The molecule has 8 nitrogen and oxygen atoms in total. The highest BCUT2D eigenvalue weighted by molar-refractivity contribution is 8.26. The normalized spacial score (nSPS) is 33.0. The number of carbonyl (C=O) groups excluding carboxylic acids is 5. The van der Waals surface area contributed by atoms with E-state index in [1.807, 2.05) is 12.2 Å². The Hall–Kier alpha value is -2.16. The molecule has 9 heteroatoms. The molecule has 132 valence electrons. The molecule has 0 unspecified atom stereocenters. The summed E-state index contributed by atoms with van der Waals surface area (Å²) >= 11 is 0.568. The van der Waals surface area contributed by atoms with Crippen LogP contribution in [0.4, 0.5) is 4.79 Å². The Balaban J connectivity index is 1.27. The summed E-state index contributed by atoms with van der Waals surface area (Å²) < 4.78 is 5.02. The predicted octanol–water partition coefficient (Wildman–Crippen LogP) is 0.0321. The highest BCUT2D eigenvalue weighted by Crippen LogP contribution is 2.52. The van der Waals surface area contributed by atoms with E-state index < -0.39 is 11.2 Å². The fraction of sp³-hybridized carbons (Fsp3) is 0.562. The molecule has 0 aromatic rings. The second kappa shape index (κ2) is 5.98. The average molecular weight is 364 g/mol. The number of amides is 3.